The van der Waals surface area contributed by atoms with Crippen LogP contribution in [0.5, 0.6) is 0 Å². The van der Waals surface area contributed by atoms with E-state index in [2.05, 4.69) is 69.4 Å². The Morgan fingerprint density at radius 2 is 0.545 bits per heavy atom. The molecular formula is C60H108O6. The third kappa shape index (κ3) is 52.3. The van der Waals surface area contributed by atoms with E-state index >= 15 is 0 Å². The summed E-state index contributed by atoms with van der Waals surface area (Å²) in [6, 6.07) is 0. The number of rotatable bonds is 52. The topological polar surface area (TPSA) is 78.9 Å². The van der Waals surface area contributed by atoms with Crippen LogP contribution in [0.1, 0.15) is 297 Å². The first kappa shape index (κ1) is 63.4. The first-order valence-corrected chi connectivity index (χ1v) is 28.6. The van der Waals surface area contributed by atoms with Gasteiger partial charge in [-0.05, 0) is 83.5 Å². The zero-order valence-corrected chi connectivity index (χ0v) is 44.0. The average molecular weight is 926 g/mol. The summed E-state index contributed by atoms with van der Waals surface area (Å²) in [5.41, 5.74) is 0. The van der Waals surface area contributed by atoms with E-state index in [1.54, 1.807) is 0 Å². The molecule has 66 heavy (non-hydrogen) atoms. The van der Waals surface area contributed by atoms with Gasteiger partial charge in [0, 0.05) is 19.3 Å². The summed E-state index contributed by atoms with van der Waals surface area (Å²) in [5.74, 6) is -0.882. The number of allylic oxidation sites excluding steroid dienone is 8. The Kier molecular flexibility index (Phi) is 52.8. The molecule has 0 rings (SSSR count). The van der Waals surface area contributed by atoms with Crippen LogP contribution in [0, 0.1) is 0 Å². The molecule has 0 saturated carbocycles. The van der Waals surface area contributed by atoms with Crippen molar-refractivity contribution >= 4 is 17.9 Å². The van der Waals surface area contributed by atoms with E-state index in [1.165, 1.54) is 167 Å². The molecular weight excluding hydrogens is 817 g/mol. The van der Waals surface area contributed by atoms with E-state index < -0.39 is 6.10 Å². The van der Waals surface area contributed by atoms with Gasteiger partial charge >= 0.3 is 17.9 Å². The summed E-state index contributed by atoms with van der Waals surface area (Å²) in [4.78, 5) is 38.1. The van der Waals surface area contributed by atoms with Crippen molar-refractivity contribution in [2.45, 2.75) is 303 Å². The molecule has 0 bridgehead atoms. The highest BCUT2D eigenvalue weighted by atomic mass is 16.6. The number of hydrogen-bond donors (Lipinski definition) is 0. The molecule has 0 aromatic heterocycles. The predicted octanol–water partition coefficient (Wildman–Crippen LogP) is 19.0. The molecule has 0 fully saturated rings. The lowest BCUT2D eigenvalue weighted by Crippen LogP contribution is -2.30. The Balaban J connectivity index is 4.36. The fourth-order valence-electron chi connectivity index (χ4n) is 8.21. The van der Waals surface area contributed by atoms with E-state index in [4.69, 9.17) is 14.2 Å². The van der Waals surface area contributed by atoms with Gasteiger partial charge < -0.3 is 14.2 Å². The van der Waals surface area contributed by atoms with Crippen LogP contribution in [-0.2, 0) is 28.6 Å². The second kappa shape index (κ2) is 55.0. The normalized spacial score (nSPS) is 12.3. The van der Waals surface area contributed by atoms with Gasteiger partial charge in [-0.2, -0.15) is 0 Å². The molecule has 1 atom stereocenters. The summed E-state index contributed by atoms with van der Waals surface area (Å²) in [6.45, 7) is 6.60. The van der Waals surface area contributed by atoms with Crippen LogP contribution >= 0.6 is 0 Å². The lowest BCUT2D eigenvalue weighted by atomic mass is 10.0. The lowest BCUT2D eigenvalue weighted by molar-refractivity contribution is -0.167. The van der Waals surface area contributed by atoms with E-state index in [0.717, 1.165) is 89.9 Å². The van der Waals surface area contributed by atoms with Crippen molar-refractivity contribution in [2.24, 2.45) is 0 Å². The molecule has 0 spiro atoms. The van der Waals surface area contributed by atoms with Gasteiger partial charge in [0.15, 0.2) is 6.10 Å². The van der Waals surface area contributed by atoms with Gasteiger partial charge in [0.1, 0.15) is 13.2 Å². The van der Waals surface area contributed by atoms with Gasteiger partial charge in [-0.15, -0.1) is 0 Å². The third-order valence-electron chi connectivity index (χ3n) is 12.6. The zero-order chi connectivity index (χ0) is 47.9. The molecule has 0 aromatic carbocycles. The molecule has 384 valence electrons. The minimum Gasteiger partial charge on any atom is -0.462 e. The predicted molar refractivity (Wildman–Crippen MR) is 284 cm³/mol. The van der Waals surface area contributed by atoms with Crippen molar-refractivity contribution in [1.29, 1.82) is 0 Å². The summed E-state index contributed by atoms with van der Waals surface area (Å²) >= 11 is 0. The van der Waals surface area contributed by atoms with Gasteiger partial charge in [-0.3, -0.25) is 14.4 Å². The number of carbonyl (C=O) groups excluding carboxylic acids is 3. The first-order valence-electron chi connectivity index (χ1n) is 28.6. The molecule has 0 aliphatic carbocycles. The molecule has 0 saturated heterocycles. The highest BCUT2D eigenvalue weighted by molar-refractivity contribution is 5.71. The highest BCUT2D eigenvalue weighted by Crippen LogP contribution is 2.16. The van der Waals surface area contributed by atoms with Gasteiger partial charge in [-0.25, -0.2) is 0 Å². The van der Waals surface area contributed by atoms with Crippen LogP contribution in [0.3, 0.4) is 0 Å². The highest BCUT2D eigenvalue weighted by Gasteiger charge is 2.19. The second-order valence-electron chi connectivity index (χ2n) is 19.2. The largest absolute Gasteiger partial charge is 0.462 e. The quantitative estimate of drug-likeness (QED) is 0.0262. The lowest BCUT2D eigenvalue weighted by Gasteiger charge is -2.18. The van der Waals surface area contributed by atoms with E-state index in [0.29, 0.717) is 19.3 Å². The smallest absolute Gasteiger partial charge is 0.306 e. The van der Waals surface area contributed by atoms with Crippen molar-refractivity contribution in [3.05, 3.63) is 48.6 Å². The Hall–Kier alpha value is -2.63. The number of carbonyl (C=O) groups is 3. The Morgan fingerprint density at radius 1 is 0.303 bits per heavy atom. The van der Waals surface area contributed by atoms with Crippen molar-refractivity contribution < 1.29 is 28.6 Å². The Labute approximate surface area is 409 Å². The molecule has 0 unspecified atom stereocenters. The van der Waals surface area contributed by atoms with Gasteiger partial charge in [0.05, 0.1) is 0 Å². The maximum absolute atomic E-state index is 12.8. The SMILES string of the molecule is CCCCC/C=C\C/C=C\CCCCCCCCCCCC(=O)OC[C@@H](COC(=O)CCCCCCCCCCCCCCCC)OC(=O)CCCCCCC/C=C\C/C=C\CCCCC. The van der Waals surface area contributed by atoms with Crippen LogP contribution in [-0.4, -0.2) is 37.2 Å². The van der Waals surface area contributed by atoms with Crippen LogP contribution in [0.15, 0.2) is 48.6 Å². The van der Waals surface area contributed by atoms with Crippen LogP contribution < -0.4 is 0 Å². The fraction of sp³-hybridized carbons (Fsp3) is 0.817. The fourth-order valence-corrected chi connectivity index (χ4v) is 8.21. The minimum absolute atomic E-state index is 0.0772. The minimum atomic E-state index is -0.780. The third-order valence-corrected chi connectivity index (χ3v) is 12.6. The average Bonchev–Trinajstić information content (AvgIpc) is 3.31. The van der Waals surface area contributed by atoms with Crippen LogP contribution in [0.25, 0.3) is 0 Å². The van der Waals surface area contributed by atoms with E-state index in [-0.39, 0.29) is 31.1 Å². The Morgan fingerprint density at radius 3 is 0.864 bits per heavy atom. The molecule has 0 aromatic rings. The number of ether oxygens (including phenoxy) is 3. The van der Waals surface area contributed by atoms with Crippen molar-refractivity contribution in [3.63, 3.8) is 0 Å². The Bertz CT molecular complexity index is 1150. The maximum Gasteiger partial charge on any atom is 0.306 e. The molecule has 0 aliphatic rings. The number of hydrogen-bond acceptors (Lipinski definition) is 6. The van der Waals surface area contributed by atoms with E-state index in [1.807, 2.05) is 0 Å². The molecule has 0 N–H and O–H groups in total. The molecule has 0 radical (unpaired) electrons. The molecule has 6 nitrogen and oxygen atoms in total. The van der Waals surface area contributed by atoms with Crippen molar-refractivity contribution in [3.8, 4) is 0 Å². The van der Waals surface area contributed by atoms with Crippen molar-refractivity contribution in [2.75, 3.05) is 13.2 Å². The molecule has 0 amide bonds. The monoisotopic (exact) mass is 925 g/mol. The summed E-state index contributed by atoms with van der Waals surface area (Å²) in [7, 11) is 0. The summed E-state index contributed by atoms with van der Waals surface area (Å²) in [6.07, 6.45) is 66.6. The second-order valence-corrected chi connectivity index (χ2v) is 19.2. The summed E-state index contributed by atoms with van der Waals surface area (Å²) < 4.78 is 16.9. The number of esters is 3. The maximum atomic E-state index is 12.8. The molecule has 0 heterocycles. The zero-order valence-electron chi connectivity index (χ0n) is 44.0. The summed E-state index contributed by atoms with van der Waals surface area (Å²) in [5, 5.41) is 0. The number of unbranched alkanes of at least 4 members (excludes halogenated alkanes) is 33. The first-order chi connectivity index (χ1) is 32.5. The van der Waals surface area contributed by atoms with Gasteiger partial charge in [0.25, 0.3) is 0 Å². The standard InChI is InChI=1S/C60H108O6/c1-4-7-10-13-16-19-22-25-28-29-30-31-33-35-38-41-44-47-50-53-59(62)65-56-57(55-64-58(61)52-49-46-43-40-37-34-27-24-21-18-15-12-9-6-3)66-60(63)54-51-48-45-42-39-36-32-26-23-20-17-14-11-8-5-2/h16-17,19-20,25-26,28,32,57H,4-15,18,21-24,27,29-31,33-56H2,1-3H3/b19-16-,20-17-,28-25-,32-26-/t57-/m1/s1. The van der Waals surface area contributed by atoms with Crippen LogP contribution in [0.2, 0.25) is 0 Å². The van der Waals surface area contributed by atoms with E-state index in [9.17, 15) is 14.4 Å². The van der Waals surface area contributed by atoms with Gasteiger partial charge in [-0.1, -0.05) is 243 Å². The van der Waals surface area contributed by atoms with Crippen molar-refractivity contribution in [1.82, 2.24) is 0 Å². The van der Waals surface area contributed by atoms with Crippen LogP contribution in [0.4, 0.5) is 0 Å². The molecule has 6 heteroatoms. The van der Waals surface area contributed by atoms with Gasteiger partial charge in [0.2, 0.25) is 0 Å². The molecule has 0 aliphatic heterocycles.